The van der Waals surface area contributed by atoms with Crippen LogP contribution in [0.1, 0.15) is 48.9 Å². The summed E-state index contributed by atoms with van der Waals surface area (Å²) >= 11 is 6.27. The van der Waals surface area contributed by atoms with E-state index in [4.69, 9.17) is 21.1 Å². The maximum Gasteiger partial charge on any atom is 0.340 e. The SMILES string of the molecule is COC(=O)c1ccccc1-n1ncc(NCCCOC2CCCCC2)c(Cl)c1=O. The van der Waals surface area contributed by atoms with Crippen LogP contribution in [-0.2, 0) is 9.47 Å². The summed E-state index contributed by atoms with van der Waals surface area (Å²) in [6, 6.07) is 6.59. The van der Waals surface area contributed by atoms with Crippen molar-refractivity contribution in [2.75, 3.05) is 25.6 Å². The van der Waals surface area contributed by atoms with Crippen molar-refractivity contribution < 1.29 is 14.3 Å². The van der Waals surface area contributed by atoms with Crippen molar-refractivity contribution in [3.05, 3.63) is 51.4 Å². The van der Waals surface area contributed by atoms with Gasteiger partial charge < -0.3 is 14.8 Å². The second-order valence-corrected chi connectivity index (χ2v) is 7.39. The molecular formula is C21H26ClN3O4. The molecule has 1 aliphatic carbocycles. The number of benzene rings is 1. The summed E-state index contributed by atoms with van der Waals surface area (Å²) in [4.78, 5) is 24.7. The molecule has 2 aromatic rings. The van der Waals surface area contributed by atoms with Crippen molar-refractivity contribution >= 4 is 23.3 Å². The fraction of sp³-hybridized carbons (Fsp3) is 0.476. The first-order chi connectivity index (χ1) is 14.1. The van der Waals surface area contributed by atoms with E-state index < -0.39 is 11.5 Å². The molecule has 0 saturated heterocycles. The molecule has 1 aliphatic rings. The minimum Gasteiger partial charge on any atom is -0.465 e. The van der Waals surface area contributed by atoms with E-state index >= 15 is 0 Å². The number of aromatic nitrogens is 2. The summed E-state index contributed by atoms with van der Waals surface area (Å²) in [5.74, 6) is -0.550. The minimum absolute atomic E-state index is 0.0212. The molecule has 1 heterocycles. The molecule has 1 aromatic carbocycles. The highest BCUT2D eigenvalue weighted by molar-refractivity contribution is 6.32. The first-order valence-electron chi connectivity index (χ1n) is 9.93. The Labute approximate surface area is 175 Å². The Morgan fingerprint density at radius 3 is 2.79 bits per heavy atom. The number of hydrogen-bond donors (Lipinski definition) is 1. The van der Waals surface area contributed by atoms with Crippen LogP contribution in [0.4, 0.5) is 5.69 Å². The molecule has 0 radical (unpaired) electrons. The Bertz CT molecular complexity index is 894. The number of ether oxygens (including phenoxy) is 2. The average Bonchev–Trinajstić information content (AvgIpc) is 2.76. The number of nitrogens with one attached hydrogen (secondary N) is 1. The lowest BCUT2D eigenvalue weighted by molar-refractivity contribution is 0.0284. The van der Waals surface area contributed by atoms with Crippen molar-refractivity contribution in [3.63, 3.8) is 0 Å². The van der Waals surface area contributed by atoms with Gasteiger partial charge in [0.1, 0.15) is 5.02 Å². The molecule has 1 saturated carbocycles. The molecule has 0 bridgehead atoms. The van der Waals surface area contributed by atoms with Gasteiger partial charge in [0, 0.05) is 13.2 Å². The number of anilines is 1. The van der Waals surface area contributed by atoms with E-state index in [1.807, 2.05) is 0 Å². The smallest absolute Gasteiger partial charge is 0.340 e. The van der Waals surface area contributed by atoms with Crippen molar-refractivity contribution in [1.29, 1.82) is 0 Å². The normalized spacial score (nSPS) is 14.6. The van der Waals surface area contributed by atoms with Gasteiger partial charge in [0.05, 0.1) is 36.3 Å². The lowest BCUT2D eigenvalue weighted by Crippen LogP contribution is -2.25. The van der Waals surface area contributed by atoms with Gasteiger partial charge in [-0.3, -0.25) is 4.79 Å². The minimum atomic E-state index is -0.550. The average molecular weight is 420 g/mol. The second-order valence-electron chi connectivity index (χ2n) is 7.01. The third-order valence-electron chi connectivity index (χ3n) is 5.00. The predicted molar refractivity (Wildman–Crippen MR) is 112 cm³/mol. The molecular weight excluding hydrogens is 394 g/mol. The largest absolute Gasteiger partial charge is 0.465 e. The fourth-order valence-corrected chi connectivity index (χ4v) is 3.64. The lowest BCUT2D eigenvalue weighted by Gasteiger charge is -2.22. The highest BCUT2D eigenvalue weighted by Gasteiger charge is 2.17. The quantitative estimate of drug-likeness (QED) is 0.517. The van der Waals surface area contributed by atoms with E-state index in [2.05, 4.69) is 10.4 Å². The molecule has 3 rings (SSSR count). The molecule has 1 N–H and O–H groups in total. The van der Waals surface area contributed by atoms with E-state index in [-0.39, 0.29) is 10.6 Å². The summed E-state index contributed by atoms with van der Waals surface area (Å²) < 4.78 is 11.8. The Hall–Kier alpha value is -2.38. The van der Waals surface area contributed by atoms with Crippen molar-refractivity contribution in [2.24, 2.45) is 0 Å². The predicted octanol–water partition coefficient (Wildman–Crippen LogP) is 3.82. The number of hydrogen-bond acceptors (Lipinski definition) is 6. The number of nitrogens with zero attached hydrogens (tertiary/aromatic N) is 2. The standard InChI is InChI=1S/C21H26ClN3O4/c1-28-21(27)16-10-5-6-11-18(16)25-20(26)19(22)17(14-24-25)23-12-7-13-29-15-8-3-2-4-9-15/h5-6,10-11,14-15,23H,2-4,7-9,12-13H2,1H3. The molecule has 0 atom stereocenters. The Morgan fingerprint density at radius 2 is 2.03 bits per heavy atom. The van der Waals surface area contributed by atoms with E-state index in [9.17, 15) is 9.59 Å². The van der Waals surface area contributed by atoms with Gasteiger partial charge in [-0.1, -0.05) is 43.0 Å². The highest BCUT2D eigenvalue weighted by Crippen LogP contribution is 2.21. The van der Waals surface area contributed by atoms with Crippen LogP contribution in [0, 0.1) is 0 Å². The molecule has 0 spiro atoms. The van der Waals surface area contributed by atoms with E-state index in [1.165, 1.54) is 32.6 Å². The second kappa shape index (κ2) is 10.4. The zero-order valence-corrected chi connectivity index (χ0v) is 17.3. The van der Waals surface area contributed by atoms with Crippen LogP contribution >= 0.6 is 11.6 Å². The molecule has 8 heteroatoms. The Balaban J connectivity index is 1.63. The summed E-state index contributed by atoms with van der Waals surface area (Å²) in [5, 5.41) is 7.34. The molecule has 1 fully saturated rings. The van der Waals surface area contributed by atoms with Gasteiger partial charge in [-0.05, 0) is 31.4 Å². The molecule has 7 nitrogen and oxygen atoms in total. The highest BCUT2D eigenvalue weighted by atomic mass is 35.5. The number of para-hydroxylation sites is 1. The summed E-state index contributed by atoms with van der Waals surface area (Å²) in [6.07, 6.45) is 8.78. The number of halogens is 1. The molecule has 156 valence electrons. The molecule has 1 aromatic heterocycles. The molecule has 29 heavy (non-hydrogen) atoms. The van der Waals surface area contributed by atoms with Crippen LogP contribution in [0.25, 0.3) is 5.69 Å². The maximum absolute atomic E-state index is 12.7. The van der Waals surface area contributed by atoms with Gasteiger partial charge in [0.25, 0.3) is 5.56 Å². The van der Waals surface area contributed by atoms with Crippen LogP contribution in [0.5, 0.6) is 0 Å². The fourth-order valence-electron chi connectivity index (χ4n) is 3.45. The molecule has 0 unspecified atom stereocenters. The van der Waals surface area contributed by atoms with Crippen molar-refractivity contribution in [2.45, 2.75) is 44.6 Å². The molecule has 0 amide bonds. The first kappa shape index (κ1) is 21.3. The zero-order chi connectivity index (χ0) is 20.6. The van der Waals surface area contributed by atoms with E-state index in [0.29, 0.717) is 30.6 Å². The number of methoxy groups -OCH3 is 1. The number of carbonyl (C=O) groups is 1. The maximum atomic E-state index is 12.7. The van der Waals surface area contributed by atoms with Gasteiger partial charge in [-0.2, -0.15) is 9.78 Å². The van der Waals surface area contributed by atoms with Gasteiger partial charge in [0.15, 0.2) is 0 Å². The monoisotopic (exact) mass is 419 g/mol. The molecule has 0 aliphatic heterocycles. The van der Waals surface area contributed by atoms with E-state index in [1.54, 1.807) is 24.3 Å². The summed E-state index contributed by atoms with van der Waals surface area (Å²) in [7, 11) is 1.29. The number of rotatable bonds is 8. The van der Waals surface area contributed by atoms with Crippen LogP contribution < -0.4 is 10.9 Å². The van der Waals surface area contributed by atoms with Crippen LogP contribution in [-0.4, -0.2) is 42.1 Å². The van der Waals surface area contributed by atoms with Crippen LogP contribution in [0.2, 0.25) is 5.02 Å². The first-order valence-corrected chi connectivity index (χ1v) is 10.3. The van der Waals surface area contributed by atoms with Crippen LogP contribution in [0.3, 0.4) is 0 Å². The van der Waals surface area contributed by atoms with Crippen molar-refractivity contribution in [3.8, 4) is 5.69 Å². The third kappa shape index (κ3) is 5.36. The zero-order valence-electron chi connectivity index (χ0n) is 16.5. The van der Waals surface area contributed by atoms with Gasteiger partial charge in [0.2, 0.25) is 0 Å². The van der Waals surface area contributed by atoms with Gasteiger partial charge in [-0.25, -0.2) is 4.79 Å². The Kier molecular flexibility index (Phi) is 7.66. The van der Waals surface area contributed by atoms with Gasteiger partial charge in [-0.15, -0.1) is 0 Å². The summed E-state index contributed by atoms with van der Waals surface area (Å²) in [5.41, 5.74) is 0.507. The third-order valence-corrected chi connectivity index (χ3v) is 5.36. The number of carbonyl (C=O) groups excluding carboxylic acids is 1. The van der Waals surface area contributed by atoms with E-state index in [0.717, 1.165) is 23.9 Å². The Morgan fingerprint density at radius 1 is 1.28 bits per heavy atom. The summed E-state index contributed by atoms with van der Waals surface area (Å²) in [6.45, 7) is 1.29. The lowest BCUT2D eigenvalue weighted by atomic mass is 9.98. The topological polar surface area (TPSA) is 82.5 Å². The number of esters is 1. The van der Waals surface area contributed by atoms with Crippen molar-refractivity contribution in [1.82, 2.24) is 9.78 Å². The van der Waals surface area contributed by atoms with Crippen LogP contribution in [0.15, 0.2) is 35.3 Å². The van der Waals surface area contributed by atoms with Gasteiger partial charge >= 0.3 is 5.97 Å².